The summed E-state index contributed by atoms with van der Waals surface area (Å²) in [5, 5.41) is 15.7. The van der Waals surface area contributed by atoms with E-state index in [9.17, 15) is 23.1 Å². The zero-order valence-electron chi connectivity index (χ0n) is 17.7. The highest BCUT2D eigenvalue weighted by Crippen LogP contribution is 2.38. The van der Waals surface area contributed by atoms with Gasteiger partial charge >= 0.3 is 12.1 Å². The third-order valence-corrected chi connectivity index (χ3v) is 6.18. The highest BCUT2D eigenvalue weighted by atomic mass is 32.1. The number of nitrogens with zero attached hydrogens (tertiary/aromatic N) is 4. The molecule has 0 spiro atoms. The Bertz CT molecular complexity index is 1190. The van der Waals surface area contributed by atoms with E-state index in [0.29, 0.717) is 23.7 Å². The van der Waals surface area contributed by atoms with Crippen LogP contribution in [0, 0.1) is 6.92 Å². The van der Waals surface area contributed by atoms with E-state index in [2.05, 4.69) is 20.3 Å². The molecule has 0 bridgehead atoms. The Kier molecular flexibility index (Phi) is 6.08. The minimum Gasteiger partial charge on any atom is -0.381 e. The van der Waals surface area contributed by atoms with Gasteiger partial charge in [0, 0.05) is 38.0 Å². The topological polar surface area (TPSA) is 100 Å². The monoisotopic (exact) mass is 479 g/mol. The lowest BCUT2D eigenvalue weighted by Crippen LogP contribution is -2.31. The fourth-order valence-electron chi connectivity index (χ4n) is 3.52. The number of hydroxylamine groups is 2. The van der Waals surface area contributed by atoms with E-state index in [1.165, 1.54) is 23.3 Å². The van der Waals surface area contributed by atoms with Crippen LogP contribution in [0.1, 0.15) is 29.6 Å². The highest BCUT2D eigenvalue weighted by Gasteiger charge is 2.42. The summed E-state index contributed by atoms with van der Waals surface area (Å²) in [5.41, 5.74) is -0.133. The molecule has 0 aliphatic carbocycles. The van der Waals surface area contributed by atoms with Gasteiger partial charge in [-0.1, -0.05) is 6.07 Å². The van der Waals surface area contributed by atoms with Crippen LogP contribution in [0.4, 0.5) is 24.8 Å². The second-order valence-corrected chi connectivity index (χ2v) is 8.76. The molecule has 0 saturated carbocycles. The van der Waals surface area contributed by atoms with Crippen molar-refractivity contribution < 1.29 is 27.9 Å². The number of alkyl halides is 3. The molecule has 3 heterocycles. The van der Waals surface area contributed by atoms with Crippen LogP contribution in [0.25, 0.3) is 10.4 Å². The van der Waals surface area contributed by atoms with Crippen molar-refractivity contribution in [3.8, 4) is 10.4 Å². The van der Waals surface area contributed by atoms with Crippen molar-refractivity contribution >= 4 is 28.9 Å². The number of hydrogen-bond donors (Lipinski definition) is 2. The lowest BCUT2D eigenvalue weighted by atomic mass is 10.1. The molecule has 1 aromatic carbocycles. The normalized spacial score (nSPS) is 19.0. The van der Waals surface area contributed by atoms with Gasteiger partial charge in [0.15, 0.2) is 0 Å². The van der Waals surface area contributed by atoms with Crippen molar-refractivity contribution in [1.82, 2.24) is 20.0 Å². The predicted molar refractivity (Wildman–Crippen MR) is 114 cm³/mol. The molecular formula is C21H20F3N5O3S. The molecule has 1 unspecified atom stereocenters. The van der Waals surface area contributed by atoms with E-state index < -0.39 is 23.4 Å². The minimum atomic E-state index is -4.57. The Labute approximate surface area is 191 Å². The van der Waals surface area contributed by atoms with Crippen LogP contribution >= 0.6 is 11.3 Å². The predicted octanol–water partition coefficient (Wildman–Crippen LogP) is 4.04. The molecule has 1 aliphatic rings. The maximum Gasteiger partial charge on any atom is 0.433 e. The van der Waals surface area contributed by atoms with Crippen LogP contribution in [-0.2, 0) is 21.4 Å². The Hall–Kier alpha value is -3.09. The molecule has 0 radical (unpaired) electrons. The first-order chi connectivity index (χ1) is 15.5. The van der Waals surface area contributed by atoms with E-state index in [1.807, 2.05) is 13.0 Å². The Morgan fingerprint density at radius 1 is 1.30 bits per heavy atom. The van der Waals surface area contributed by atoms with Crippen molar-refractivity contribution in [1.29, 1.82) is 0 Å². The molecule has 0 amide bonds. The van der Waals surface area contributed by atoms with E-state index in [0.717, 1.165) is 28.3 Å². The second kappa shape index (κ2) is 8.69. The van der Waals surface area contributed by atoms with Crippen molar-refractivity contribution in [2.75, 3.05) is 18.4 Å². The van der Waals surface area contributed by atoms with Crippen molar-refractivity contribution in [2.45, 2.75) is 32.0 Å². The maximum absolute atomic E-state index is 12.9. The molecule has 174 valence electrons. The lowest BCUT2D eigenvalue weighted by Gasteiger charge is -2.20. The second-order valence-electron chi connectivity index (χ2n) is 7.73. The molecule has 1 aliphatic heterocycles. The fraction of sp³-hybridized carbons (Fsp3) is 0.333. The Balaban J connectivity index is 1.56. The van der Waals surface area contributed by atoms with Gasteiger partial charge in [-0.15, -0.1) is 16.4 Å². The molecule has 2 aromatic heterocycles. The molecule has 1 atom stereocenters. The van der Waals surface area contributed by atoms with Crippen molar-refractivity contribution in [3.05, 3.63) is 52.9 Å². The number of aromatic nitrogens is 3. The van der Waals surface area contributed by atoms with Crippen LogP contribution in [0.3, 0.4) is 0 Å². The molecule has 12 heteroatoms. The first-order valence-corrected chi connectivity index (χ1v) is 10.7. The number of thiazole rings is 1. The zero-order chi connectivity index (χ0) is 23.8. The molecule has 1 fully saturated rings. The Morgan fingerprint density at radius 2 is 2.09 bits per heavy atom. The average Bonchev–Trinajstić information content (AvgIpc) is 3.35. The number of halogens is 3. The first kappa shape index (κ1) is 23.1. The molecule has 1 saturated heterocycles. The lowest BCUT2D eigenvalue weighted by molar-refractivity contribution is -0.186. The smallest absolute Gasteiger partial charge is 0.381 e. The van der Waals surface area contributed by atoms with Crippen LogP contribution in [0.15, 0.2) is 36.7 Å². The van der Waals surface area contributed by atoms with Gasteiger partial charge in [-0.25, -0.2) is 15.0 Å². The molecule has 8 nitrogen and oxygen atoms in total. The number of aryl methyl sites for hydroxylation is 1. The van der Waals surface area contributed by atoms with Gasteiger partial charge in [0.25, 0.3) is 0 Å². The third kappa shape index (κ3) is 5.29. The largest absolute Gasteiger partial charge is 0.433 e. The van der Waals surface area contributed by atoms with Gasteiger partial charge in [0.05, 0.1) is 11.4 Å². The molecular weight excluding hydrogens is 459 g/mol. The zero-order valence-corrected chi connectivity index (χ0v) is 18.5. The summed E-state index contributed by atoms with van der Waals surface area (Å²) in [7, 11) is 0. The number of β-amino-alcohol motifs (C(OH)–C–C–N with tert-alkyl or cyclic N) is 1. The summed E-state index contributed by atoms with van der Waals surface area (Å²) in [5.74, 6) is -0.624. The number of nitrogens with one attached hydrogen (secondary N) is 1. The van der Waals surface area contributed by atoms with Crippen LogP contribution in [0.5, 0.6) is 0 Å². The van der Waals surface area contributed by atoms with Crippen LogP contribution in [0.2, 0.25) is 0 Å². The standard InChI is InChI=1S/C21H20F3N5O3S/c1-12-7-14(9-15(8-12)27-19-25-5-3-17(28-19)21(22,23)24)16-10-26-18(33-16)20(31)4-6-29(11-20)32-13(2)30/h3,5,7-10,31H,4,6,11H2,1-2H3,(H,25,27,28). The van der Waals surface area contributed by atoms with Gasteiger partial charge in [-0.3, -0.25) is 4.79 Å². The van der Waals surface area contributed by atoms with Gasteiger partial charge in [0.2, 0.25) is 5.95 Å². The van der Waals surface area contributed by atoms with E-state index in [1.54, 1.807) is 18.3 Å². The quantitative estimate of drug-likeness (QED) is 0.566. The fourth-order valence-corrected chi connectivity index (χ4v) is 4.53. The van der Waals surface area contributed by atoms with Crippen molar-refractivity contribution in [3.63, 3.8) is 0 Å². The number of carbonyl (C=O) groups is 1. The summed E-state index contributed by atoms with van der Waals surface area (Å²) in [6.07, 6.45) is -1.53. The number of carbonyl (C=O) groups excluding carboxylic acids is 1. The number of hydrogen-bond acceptors (Lipinski definition) is 9. The summed E-state index contributed by atoms with van der Waals surface area (Å²) in [6, 6.07) is 6.22. The Morgan fingerprint density at radius 3 is 2.82 bits per heavy atom. The number of anilines is 2. The SMILES string of the molecule is CC(=O)ON1CCC(O)(c2ncc(-c3cc(C)cc(Nc4nccc(C(F)(F)F)n4)c3)s2)C1. The van der Waals surface area contributed by atoms with Crippen LogP contribution < -0.4 is 5.32 Å². The van der Waals surface area contributed by atoms with Gasteiger partial charge in [-0.2, -0.15) is 13.2 Å². The summed E-state index contributed by atoms with van der Waals surface area (Å²) in [4.78, 5) is 28.8. The first-order valence-electron chi connectivity index (χ1n) is 9.93. The summed E-state index contributed by atoms with van der Waals surface area (Å²) < 4.78 is 38.8. The minimum absolute atomic E-state index is 0.118. The van der Waals surface area contributed by atoms with Crippen molar-refractivity contribution in [2.24, 2.45) is 0 Å². The summed E-state index contributed by atoms with van der Waals surface area (Å²) >= 11 is 1.30. The van der Waals surface area contributed by atoms with E-state index in [-0.39, 0.29) is 12.5 Å². The molecule has 3 aromatic rings. The number of rotatable bonds is 5. The third-order valence-electron chi connectivity index (χ3n) is 4.94. The summed E-state index contributed by atoms with van der Waals surface area (Å²) in [6.45, 7) is 3.66. The molecule has 33 heavy (non-hydrogen) atoms. The van der Waals surface area contributed by atoms with Crippen LogP contribution in [-0.4, -0.2) is 44.2 Å². The van der Waals surface area contributed by atoms with Gasteiger partial charge in [-0.05, 0) is 36.2 Å². The van der Waals surface area contributed by atoms with Gasteiger partial charge < -0.3 is 15.3 Å². The maximum atomic E-state index is 12.9. The van der Waals surface area contributed by atoms with E-state index >= 15 is 0 Å². The van der Waals surface area contributed by atoms with Gasteiger partial charge in [0.1, 0.15) is 16.3 Å². The number of aliphatic hydroxyl groups is 1. The highest BCUT2D eigenvalue weighted by molar-refractivity contribution is 7.15. The average molecular weight is 479 g/mol. The van der Waals surface area contributed by atoms with E-state index in [4.69, 9.17) is 4.84 Å². The molecule has 2 N–H and O–H groups in total. The molecule has 4 rings (SSSR count). The number of benzene rings is 1.